The Hall–Kier alpha value is -2.95. The lowest BCUT2D eigenvalue weighted by molar-refractivity contribution is 0.100. The first-order valence-electron chi connectivity index (χ1n) is 12.1. The molecule has 1 aliphatic heterocycles. The maximum Gasteiger partial charge on any atom is 0.248 e. The molecule has 3 aromatic rings. The molecule has 5 heteroatoms. The van der Waals surface area contributed by atoms with E-state index in [1.807, 2.05) is 12.1 Å². The molecule has 170 valence electrons. The number of benzene rings is 2. The van der Waals surface area contributed by atoms with Gasteiger partial charge in [0.1, 0.15) is 5.82 Å². The minimum absolute atomic E-state index is 0.368. The smallest absolute Gasteiger partial charge is 0.248 e. The summed E-state index contributed by atoms with van der Waals surface area (Å²) in [6, 6.07) is 16.8. The van der Waals surface area contributed by atoms with E-state index >= 15 is 0 Å². The number of carbonyl (C=O) groups is 1. The number of aromatic nitrogens is 1. The van der Waals surface area contributed by atoms with Gasteiger partial charge in [0.25, 0.3) is 0 Å². The first kappa shape index (κ1) is 22.3. The largest absolute Gasteiger partial charge is 0.366 e. The summed E-state index contributed by atoms with van der Waals surface area (Å²) in [5.74, 6) is 1.66. The van der Waals surface area contributed by atoms with Crippen LogP contribution in [0.3, 0.4) is 0 Å². The van der Waals surface area contributed by atoms with Crippen LogP contribution in [0.25, 0.3) is 10.9 Å². The van der Waals surface area contributed by atoms with Crippen LogP contribution >= 0.6 is 0 Å². The van der Waals surface area contributed by atoms with E-state index in [2.05, 4.69) is 71.8 Å². The number of carbonyl (C=O) groups excluding carboxylic acids is 1. The van der Waals surface area contributed by atoms with E-state index in [1.54, 1.807) is 0 Å². The van der Waals surface area contributed by atoms with E-state index in [0.29, 0.717) is 5.56 Å². The molecule has 5 nitrogen and oxygen atoms in total. The second kappa shape index (κ2) is 9.68. The van der Waals surface area contributed by atoms with Gasteiger partial charge in [0.15, 0.2) is 0 Å². The topological polar surface area (TPSA) is 54.5 Å². The third-order valence-electron chi connectivity index (χ3n) is 6.95. The molecule has 1 amide bonds. The van der Waals surface area contributed by atoms with Crippen LogP contribution in [-0.4, -0.2) is 36.8 Å². The molecule has 1 aromatic heterocycles. The van der Waals surface area contributed by atoms with Crippen molar-refractivity contribution in [3.63, 3.8) is 0 Å². The summed E-state index contributed by atoms with van der Waals surface area (Å²) in [7, 11) is 0. The number of rotatable bonds is 8. The monoisotopic (exact) mass is 432 g/mol. The lowest BCUT2D eigenvalue weighted by atomic mass is 9.90. The van der Waals surface area contributed by atoms with E-state index in [-0.39, 0.29) is 5.91 Å². The number of fused-ring (bicyclic) bond motifs is 1. The number of aryl methyl sites for hydroxylation is 1. The van der Waals surface area contributed by atoms with Gasteiger partial charge < -0.3 is 15.6 Å². The number of amides is 1. The average Bonchev–Trinajstić information content (AvgIpc) is 3.14. The molecule has 0 spiro atoms. The van der Waals surface area contributed by atoms with Crippen molar-refractivity contribution in [2.45, 2.75) is 46.5 Å². The first-order chi connectivity index (χ1) is 15.6. The zero-order valence-electron chi connectivity index (χ0n) is 19.7. The number of nitrogens with zero attached hydrogens (tertiary/aromatic N) is 3. The van der Waals surface area contributed by atoms with Crippen molar-refractivity contribution in [3.8, 4) is 0 Å². The fraction of sp³-hybridized carbons (Fsp3) is 0.444. The van der Waals surface area contributed by atoms with Crippen LogP contribution in [0.4, 0.5) is 5.82 Å². The molecule has 0 aliphatic carbocycles. The molecule has 1 fully saturated rings. The Morgan fingerprint density at radius 2 is 1.72 bits per heavy atom. The Bertz CT molecular complexity index is 1060. The summed E-state index contributed by atoms with van der Waals surface area (Å²) < 4.78 is 2.40. The minimum atomic E-state index is -0.368. The lowest BCUT2D eigenvalue weighted by Gasteiger charge is -2.37. The zero-order chi connectivity index (χ0) is 22.7. The number of anilines is 1. The third-order valence-corrected chi connectivity index (χ3v) is 6.95. The summed E-state index contributed by atoms with van der Waals surface area (Å²) in [5.41, 5.74) is 10.1. The van der Waals surface area contributed by atoms with Crippen molar-refractivity contribution >= 4 is 22.6 Å². The van der Waals surface area contributed by atoms with Gasteiger partial charge >= 0.3 is 0 Å². The average molecular weight is 433 g/mol. The second-order valence-electron chi connectivity index (χ2n) is 8.82. The Balaban J connectivity index is 1.69. The maximum atomic E-state index is 11.9. The fourth-order valence-corrected chi connectivity index (χ4v) is 5.24. The van der Waals surface area contributed by atoms with E-state index in [1.165, 1.54) is 29.8 Å². The number of hydrogen-bond acceptors (Lipinski definition) is 3. The molecule has 1 aliphatic rings. The number of piperidine rings is 1. The molecule has 0 radical (unpaired) electrons. The lowest BCUT2D eigenvalue weighted by Crippen LogP contribution is -2.41. The van der Waals surface area contributed by atoms with Gasteiger partial charge in [0.2, 0.25) is 5.91 Å². The van der Waals surface area contributed by atoms with Crippen LogP contribution < -0.4 is 15.6 Å². The molecule has 1 saturated heterocycles. The highest BCUT2D eigenvalue weighted by Crippen LogP contribution is 2.36. The second-order valence-corrected chi connectivity index (χ2v) is 8.82. The Morgan fingerprint density at radius 1 is 1.03 bits per heavy atom. The predicted octanol–water partition coefficient (Wildman–Crippen LogP) is 4.74. The number of primary amides is 1. The van der Waals surface area contributed by atoms with Gasteiger partial charge in [-0.15, -0.1) is 0 Å². The maximum absolute atomic E-state index is 11.9. The van der Waals surface area contributed by atoms with Crippen molar-refractivity contribution in [3.05, 3.63) is 65.2 Å². The summed E-state index contributed by atoms with van der Waals surface area (Å²) in [4.78, 5) is 14.4. The third kappa shape index (κ3) is 4.21. The van der Waals surface area contributed by atoms with Crippen LogP contribution in [-0.2, 0) is 12.8 Å². The molecule has 0 unspecified atom stereocenters. The van der Waals surface area contributed by atoms with Crippen molar-refractivity contribution in [2.75, 3.05) is 36.1 Å². The first-order valence-corrected chi connectivity index (χ1v) is 12.1. The number of nitrogens with two attached hydrogens (primary N) is 1. The standard InChI is InChI=1S/C27H36N4O/c1-4-23-24-19-22(26(28)32)12-13-25(24)31(30(5-2)6-3)27(23)29-16-14-21(15-17-29)18-20-10-8-7-9-11-20/h7-13,19,21H,4-6,14-18H2,1-3H3,(H2,28,32). The molecule has 4 rings (SSSR count). The molecular formula is C27H36N4O. The van der Waals surface area contributed by atoms with Gasteiger partial charge in [-0.1, -0.05) is 37.3 Å². The van der Waals surface area contributed by atoms with E-state index in [9.17, 15) is 4.79 Å². The van der Waals surface area contributed by atoms with Gasteiger partial charge in [-0.3, -0.25) is 4.79 Å². The highest BCUT2D eigenvalue weighted by Gasteiger charge is 2.27. The summed E-state index contributed by atoms with van der Waals surface area (Å²) in [6.07, 6.45) is 4.48. The Morgan fingerprint density at radius 3 is 2.31 bits per heavy atom. The van der Waals surface area contributed by atoms with Crippen LogP contribution in [0.15, 0.2) is 48.5 Å². The van der Waals surface area contributed by atoms with Crippen LogP contribution in [0, 0.1) is 5.92 Å². The molecule has 2 N–H and O–H groups in total. The Kier molecular flexibility index (Phi) is 6.73. The van der Waals surface area contributed by atoms with Crippen molar-refractivity contribution in [2.24, 2.45) is 11.7 Å². The van der Waals surface area contributed by atoms with Gasteiger partial charge in [-0.2, -0.15) is 0 Å². The normalized spacial score (nSPS) is 14.8. The van der Waals surface area contributed by atoms with Gasteiger partial charge in [0, 0.05) is 42.7 Å². The van der Waals surface area contributed by atoms with E-state index < -0.39 is 0 Å². The molecule has 2 aromatic carbocycles. The summed E-state index contributed by atoms with van der Waals surface area (Å²) >= 11 is 0. The van der Waals surface area contributed by atoms with Crippen LogP contribution in [0.1, 0.15) is 55.1 Å². The van der Waals surface area contributed by atoms with Crippen molar-refractivity contribution in [1.82, 2.24) is 4.68 Å². The van der Waals surface area contributed by atoms with Crippen LogP contribution in [0.2, 0.25) is 0 Å². The molecular weight excluding hydrogens is 396 g/mol. The number of hydrogen-bond donors (Lipinski definition) is 1. The quantitative estimate of drug-likeness (QED) is 0.559. The summed E-state index contributed by atoms with van der Waals surface area (Å²) in [5, 5.41) is 3.54. The fourth-order valence-electron chi connectivity index (χ4n) is 5.24. The van der Waals surface area contributed by atoms with Crippen LogP contribution in [0.5, 0.6) is 0 Å². The molecule has 0 saturated carbocycles. The molecule has 0 atom stereocenters. The van der Waals surface area contributed by atoms with Gasteiger partial charge in [0.05, 0.1) is 5.52 Å². The van der Waals surface area contributed by atoms with Gasteiger partial charge in [-0.25, -0.2) is 4.68 Å². The van der Waals surface area contributed by atoms with E-state index in [4.69, 9.17) is 5.73 Å². The highest BCUT2D eigenvalue weighted by molar-refractivity contribution is 6.00. The molecule has 2 heterocycles. The minimum Gasteiger partial charge on any atom is -0.366 e. The predicted molar refractivity (Wildman–Crippen MR) is 134 cm³/mol. The SMILES string of the molecule is CCc1c(N2CCC(Cc3ccccc3)CC2)n(N(CC)CC)c2ccc(C(N)=O)cc12. The zero-order valence-corrected chi connectivity index (χ0v) is 19.7. The molecule has 32 heavy (non-hydrogen) atoms. The van der Waals surface area contributed by atoms with Crippen molar-refractivity contribution < 1.29 is 4.79 Å². The Labute approximate surface area is 191 Å². The van der Waals surface area contributed by atoms with Gasteiger partial charge in [-0.05, 0) is 69.2 Å². The highest BCUT2D eigenvalue weighted by atomic mass is 16.1. The van der Waals surface area contributed by atoms with Crippen molar-refractivity contribution in [1.29, 1.82) is 0 Å². The summed E-state index contributed by atoms with van der Waals surface area (Å²) in [6.45, 7) is 10.6. The molecule has 0 bridgehead atoms. The van der Waals surface area contributed by atoms with E-state index in [0.717, 1.165) is 55.8 Å².